The van der Waals surface area contributed by atoms with Gasteiger partial charge < -0.3 is 5.11 Å². The molecular weight excluding hydrogens is 214 g/mol. The molecule has 1 atom stereocenters. The van der Waals surface area contributed by atoms with Crippen molar-refractivity contribution in [1.82, 2.24) is 4.90 Å². The summed E-state index contributed by atoms with van der Waals surface area (Å²) in [7, 11) is 0. The van der Waals surface area contributed by atoms with Crippen LogP contribution in [0.2, 0.25) is 0 Å². The standard InChI is InChI=1S/C14H25NO2/c16-14(17)9-11-15-10-3-6-13(15)8-7-12-4-1-2-5-12/h12-13H,1-11H2,(H,16,17). The summed E-state index contributed by atoms with van der Waals surface area (Å²) in [6, 6.07) is 0.676. The largest absolute Gasteiger partial charge is 0.481 e. The van der Waals surface area contributed by atoms with Crippen LogP contribution in [0, 0.1) is 5.92 Å². The molecule has 17 heavy (non-hydrogen) atoms. The minimum Gasteiger partial charge on any atom is -0.481 e. The van der Waals surface area contributed by atoms with Gasteiger partial charge in [-0.25, -0.2) is 0 Å². The summed E-state index contributed by atoms with van der Waals surface area (Å²) in [5, 5.41) is 8.74. The van der Waals surface area contributed by atoms with Crippen molar-refractivity contribution in [1.29, 1.82) is 0 Å². The number of likely N-dealkylation sites (tertiary alicyclic amines) is 1. The van der Waals surface area contributed by atoms with Crippen molar-refractivity contribution in [3.8, 4) is 0 Å². The van der Waals surface area contributed by atoms with E-state index in [1.807, 2.05) is 0 Å². The van der Waals surface area contributed by atoms with E-state index in [2.05, 4.69) is 4.90 Å². The Morgan fingerprint density at radius 1 is 1.12 bits per heavy atom. The van der Waals surface area contributed by atoms with Crippen LogP contribution in [0.15, 0.2) is 0 Å². The lowest BCUT2D eigenvalue weighted by Crippen LogP contribution is -2.31. The molecular formula is C14H25NO2. The molecule has 0 spiro atoms. The Bertz CT molecular complexity index is 249. The Kier molecular flexibility index (Phi) is 4.84. The van der Waals surface area contributed by atoms with E-state index in [4.69, 9.17) is 5.11 Å². The van der Waals surface area contributed by atoms with Gasteiger partial charge in [0.1, 0.15) is 0 Å². The molecule has 2 rings (SSSR count). The molecule has 98 valence electrons. The molecule has 1 saturated carbocycles. The Morgan fingerprint density at radius 3 is 2.59 bits per heavy atom. The third kappa shape index (κ3) is 3.98. The smallest absolute Gasteiger partial charge is 0.304 e. The van der Waals surface area contributed by atoms with Gasteiger partial charge in [0.25, 0.3) is 0 Å². The molecule has 0 amide bonds. The van der Waals surface area contributed by atoms with Crippen LogP contribution in [0.1, 0.15) is 57.8 Å². The van der Waals surface area contributed by atoms with Crippen LogP contribution in [-0.2, 0) is 4.79 Å². The molecule has 2 fully saturated rings. The average Bonchev–Trinajstić information content (AvgIpc) is 2.95. The van der Waals surface area contributed by atoms with Crippen LogP contribution < -0.4 is 0 Å². The van der Waals surface area contributed by atoms with E-state index >= 15 is 0 Å². The fourth-order valence-corrected chi connectivity index (χ4v) is 3.48. The minimum absolute atomic E-state index is 0.305. The van der Waals surface area contributed by atoms with Gasteiger partial charge in [0.15, 0.2) is 0 Å². The Morgan fingerprint density at radius 2 is 1.88 bits per heavy atom. The van der Waals surface area contributed by atoms with E-state index in [9.17, 15) is 4.79 Å². The highest BCUT2D eigenvalue weighted by molar-refractivity contribution is 5.66. The summed E-state index contributed by atoms with van der Waals surface area (Å²) >= 11 is 0. The van der Waals surface area contributed by atoms with Crippen molar-refractivity contribution in [2.75, 3.05) is 13.1 Å². The van der Waals surface area contributed by atoms with E-state index in [-0.39, 0.29) is 0 Å². The fourth-order valence-electron chi connectivity index (χ4n) is 3.48. The molecule has 2 aliphatic rings. The summed E-state index contributed by atoms with van der Waals surface area (Å²) in [6.07, 6.45) is 11.2. The zero-order valence-electron chi connectivity index (χ0n) is 10.7. The van der Waals surface area contributed by atoms with Gasteiger partial charge in [0.2, 0.25) is 0 Å². The van der Waals surface area contributed by atoms with Crippen molar-refractivity contribution in [3.05, 3.63) is 0 Å². The number of nitrogens with zero attached hydrogens (tertiary/aromatic N) is 1. The molecule has 0 aromatic rings. The highest BCUT2D eigenvalue weighted by Crippen LogP contribution is 2.31. The summed E-state index contributed by atoms with van der Waals surface area (Å²) in [6.45, 7) is 1.87. The molecule has 0 radical (unpaired) electrons. The van der Waals surface area contributed by atoms with Gasteiger partial charge in [-0.1, -0.05) is 25.7 Å². The van der Waals surface area contributed by atoms with Crippen molar-refractivity contribution in [2.45, 2.75) is 63.8 Å². The van der Waals surface area contributed by atoms with Crippen LogP contribution in [-0.4, -0.2) is 35.1 Å². The van der Waals surface area contributed by atoms with Gasteiger partial charge >= 0.3 is 5.97 Å². The lowest BCUT2D eigenvalue weighted by Gasteiger charge is -2.24. The van der Waals surface area contributed by atoms with Crippen molar-refractivity contribution in [3.63, 3.8) is 0 Å². The Labute approximate surface area is 104 Å². The number of hydrogen-bond acceptors (Lipinski definition) is 2. The Balaban J connectivity index is 1.68. The molecule has 0 bridgehead atoms. The van der Waals surface area contributed by atoms with Crippen LogP contribution in [0.4, 0.5) is 0 Å². The molecule has 1 saturated heterocycles. The van der Waals surface area contributed by atoms with Crippen molar-refractivity contribution < 1.29 is 9.90 Å². The third-order valence-corrected chi connectivity index (χ3v) is 4.49. The number of carbonyl (C=O) groups is 1. The maximum Gasteiger partial charge on any atom is 0.304 e. The lowest BCUT2D eigenvalue weighted by molar-refractivity contribution is -0.137. The number of carboxylic acids is 1. The molecule has 1 heterocycles. The first-order valence-corrected chi connectivity index (χ1v) is 7.21. The summed E-state index contributed by atoms with van der Waals surface area (Å²) < 4.78 is 0. The zero-order chi connectivity index (χ0) is 12.1. The molecule has 1 aliphatic heterocycles. The molecule has 1 unspecified atom stereocenters. The van der Waals surface area contributed by atoms with Gasteiger partial charge in [0, 0.05) is 12.6 Å². The summed E-state index contributed by atoms with van der Waals surface area (Å²) in [5.41, 5.74) is 0. The first-order valence-electron chi connectivity index (χ1n) is 7.21. The third-order valence-electron chi connectivity index (χ3n) is 4.49. The summed E-state index contributed by atoms with van der Waals surface area (Å²) in [5.74, 6) is 0.309. The van der Waals surface area contributed by atoms with E-state index < -0.39 is 5.97 Å². The van der Waals surface area contributed by atoms with Crippen LogP contribution >= 0.6 is 0 Å². The molecule has 0 aromatic carbocycles. The topological polar surface area (TPSA) is 40.5 Å². The highest BCUT2D eigenvalue weighted by atomic mass is 16.4. The van der Waals surface area contributed by atoms with Gasteiger partial charge in [-0.3, -0.25) is 9.69 Å². The van der Waals surface area contributed by atoms with E-state index in [1.54, 1.807) is 0 Å². The summed E-state index contributed by atoms with van der Waals surface area (Å²) in [4.78, 5) is 13.0. The Hall–Kier alpha value is -0.570. The van der Waals surface area contributed by atoms with Crippen LogP contribution in [0.3, 0.4) is 0 Å². The number of hydrogen-bond donors (Lipinski definition) is 1. The first kappa shape index (κ1) is 12.9. The quantitative estimate of drug-likeness (QED) is 0.774. The van der Waals surface area contributed by atoms with Gasteiger partial charge in [0.05, 0.1) is 6.42 Å². The zero-order valence-corrected chi connectivity index (χ0v) is 10.7. The SMILES string of the molecule is O=C(O)CCN1CCCC1CCC1CCCC1. The van der Waals surface area contributed by atoms with E-state index in [0.717, 1.165) is 19.0 Å². The number of carboxylic acid groups (broad SMARTS) is 1. The molecule has 1 aliphatic carbocycles. The second kappa shape index (κ2) is 6.39. The fraction of sp³-hybridized carbons (Fsp3) is 0.929. The number of rotatable bonds is 6. The predicted octanol–water partition coefficient (Wildman–Crippen LogP) is 2.90. The molecule has 1 N–H and O–H groups in total. The van der Waals surface area contributed by atoms with Crippen molar-refractivity contribution in [2.24, 2.45) is 5.92 Å². The molecule has 3 heteroatoms. The monoisotopic (exact) mass is 239 g/mol. The maximum absolute atomic E-state index is 10.6. The average molecular weight is 239 g/mol. The minimum atomic E-state index is -0.661. The highest BCUT2D eigenvalue weighted by Gasteiger charge is 2.25. The van der Waals surface area contributed by atoms with E-state index in [1.165, 1.54) is 51.4 Å². The van der Waals surface area contributed by atoms with Crippen LogP contribution in [0.5, 0.6) is 0 Å². The van der Waals surface area contributed by atoms with Gasteiger partial charge in [-0.2, -0.15) is 0 Å². The normalized spacial score (nSPS) is 26.7. The van der Waals surface area contributed by atoms with Gasteiger partial charge in [-0.05, 0) is 38.1 Å². The lowest BCUT2D eigenvalue weighted by atomic mass is 9.97. The first-order chi connectivity index (χ1) is 8.25. The second-order valence-corrected chi connectivity index (χ2v) is 5.70. The predicted molar refractivity (Wildman–Crippen MR) is 68.0 cm³/mol. The van der Waals surface area contributed by atoms with E-state index in [0.29, 0.717) is 12.5 Å². The number of aliphatic carboxylic acids is 1. The van der Waals surface area contributed by atoms with Gasteiger partial charge in [-0.15, -0.1) is 0 Å². The second-order valence-electron chi connectivity index (χ2n) is 5.70. The van der Waals surface area contributed by atoms with Crippen molar-refractivity contribution >= 4 is 5.97 Å². The molecule has 0 aromatic heterocycles. The maximum atomic E-state index is 10.6. The van der Waals surface area contributed by atoms with Crippen LogP contribution in [0.25, 0.3) is 0 Å². The molecule has 3 nitrogen and oxygen atoms in total.